The van der Waals surface area contributed by atoms with Crippen LogP contribution in [-0.4, -0.2) is 36.2 Å². The molecular formula is C9H21NO. The molecule has 68 valence electrons. The van der Waals surface area contributed by atoms with Crippen LogP contribution in [0.25, 0.3) is 0 Å². The molecule has 0 aliphatic heterocycles. The maximum absolute atomic E-state index is 8.56. The maximum Gasteiger partial charge on any atom is 0.0431 e. The summed E-state index contributed by atoms with van der Waals surface area (Å²) in [6.07, 6.45) is 3.29. The van der Waals surface area contributed by atoms with E-state index in [-0.39, 0.29) is 0 Å². The summed E-state index contributed by atoms with van der Waals surface area (Å²) in [5, 5.41) is 8.56. The van der Waals surface area contributed by atoms with E-state index in [2.05, 4.69) is 25.8 Å². The van der Waals surface area contributed by atoms with E-state index in [1.54, 1.807) is 0 Å². The minimum atomic E-state index is 0.336. The van der Waals surface area contributed by atoms with E-state index in [1.165, 1.54) is 6.42 Å². The number of nitrogens with zero attached hydrogens (tertiary/aromatic N) is 1. The van der Waals surface area contributed by atoms with E-state index in [0.717, 1.165) is 19.4 Å². The summed E-state index contributed by atoms with van der Waals surface area (Å²) in [5.74, 6) is 0. The second-order valence-electron chi connectivity index (χ2n) is 3.14. The van der Waals surface area contributed by atoms with Crippen LogP contribution in [-0.2, 0) is 0 Å². The molecule has 2 nitrogen and oxygen atoms in total. The van der Waals surface area contributed by atoms with Gasteiger partial charge in [0.15, 0.2) is 0 Å². The van der Waals surface area contributed by atoms with Crippen LogP contribution in [0, 0.1) is 0 Å². The Kier molecular flexibility index (Phi) is 6.57. The van der Waals surface area contributed by atoms with Crippen molar-refractivity contribution < 1.29 is 5.11 Å². The summed E-state index contributed by atoms with van der Waals surface area (Å²) in [5.41, 5.74) is 0. The molecule has 1 unspecified atom stereocenters. The first-order valence-corrected chi connectivity index (χ1v) is 4.53. The normalized spacial score (nSPS) is 13.9. The van der Waals surface area contributed by atoms with Crippen LogP contribution >= 0.6 is 0 Å². The fraction of sp³-hybridized carbons (Fsp3) is 1.00. The van der Waals surface area contributed by atoms with E-state index in [9.17, 15) is 0 Å². The van der Waals surface area contributed by atoms with E-state index in [1.807, 2.05) is 0 Å². The zero-order valence-corrected chi connectivity index (χ0v) is 8.01. The van der Waals surface area contributed by atoms with Crippen LogP contribution in [0.4, 0.5) is 0 Å². The van der Waals surface area contributed by atoms with E-state index in [4.69, 9.17) is 5.11 Å². The van der Waals surface area contributed by atoms with Crippen molar-refractivity contribution in [3.8, 4) is 0 Å². The fourth-order valence-corrected chi connectivity index (χ4v) is 1.08. The SMILES string of the molecule is CCN(C)C(C)CCCCO. The van der Waals surface area contributed by atoms with Crippen LogP contribution in [0.15, 0.2) is 0 Å². The lowest BCUT2D eigenvalue weighted by molar-refractivity contribution is 0.238. The quantitative estimate of drug-likeness (QED) is 0.593. The van der Waals surface area contributed by atoms with Crippen molar-refractivity contribution in [3.05, 3.63) is 0 Å². The second kappa shape index (κ2) is 6.62. The summed E-state index contributed by atoms with van der Waals surface area (Å²) >= 11 is 0. The third-order valence-corrected chi connectivity index (χ3v) is 2.28. The zero-order chi connectivity index (χ0) is 8.69. The Hall–Kier alpha value is -0.0800. The molecule has 11 heavy (non-hydrogen) atoms. The Morgan fingerprint density at radius 3 is 2.45 bits per heavy atom. The highest BCUT2D eigenvalue weighted by Crippen LogP contribution is 2.05. The molecule has 0 aliphatic rings. The van der Waals surface area contributed by atoms with E-state index < -0.39 is 0 Å². The molecule has 0 saturated heterocycles. The molecule has 0 radical (unpaired) electrons. The van der Waals surface area contributed by atoms with Gasteiger partial charge in [0.1, 0.15) is 0 Å². The second-order valence-corrected chi connectivity index (χ2v) is 3.14. The van der Waals surface area contributed by atoms with Gasteiger partial charge in [-0.3, -0.25) is 0 Å². The summed E-state index contributed by atoms with van der Waals surface area (Å²) in [7, 11) is 2.14. The van der Waals surface area contributed by atoms with Gasteiger partial charge < -0.3 is 10.0 Å². The maximum atomic E-state index is 8.56. The van der Waals surface area contributed by atoms with E-state index in [0.29, 0.717) is 12.6 Å². The Morgan fingerprint density at radius 1 is 1.36 bits per heavy atom. The molecule has 1 N–H and O–H groups in total. The molecule has 1 atom stereocenters. The highest BCUT2D eigenvalue weighted by atomic mass is 16.2. The van der Waals surface area contributed by atoms with Crippen LogP contribution < -0.4 is 0 Å². The lowest BCUT2D eigenvalue weighted by Gasteiger charge is -2.22. The molecule has 0 saturated carbocycles. The molecule has 0 rings (SSSR count). The standard InChI is InChI=1S/C9H21NO/c1-4-10(3)9(2)7-5-6-8-11/h9,11H,4-8H2,1-3H3. The van der Waals surface area contributed by atoms with Crippen molar-refractivity contribution in [1.29, 1.82) is 0 Å². The van der Waals surface area contributed by atoms with Gasteiger partial charge in [0, 0.05) is 12.6 Å². The van der Waals surface area contributed by atoms with Gasteiger partial charge in [-0.1, -0.05) is 6.92 Å². The van der Waals surface area contributed by atoms with Crippen molar-refractivity contribution in [2.24, 2.45) is 0 Å². The average molecular weight is 159 g/mol. The molecule has 0 aliphatic carbocycles. The van der Waals surface area contributed by atoms with Gasteiger partial charge >= 0.3 is 0 Å². The van der Waals surface area contributed by atoms with Crippen LogP contribution in [0.3, 0.4) is 0 Å². The monoisotopic (exact) mass is 159 g/mol. The van der Waals surface area contributed by atoms with E-state index >= 15 is 0 Å². The topological polar surface area (TPSA) is 23.5 Å². The summed E-state index contributed by atoms with van der Waals surface area (Å²) in [4.78, 5) is 2.33. The van der Waals surface area contributed by atoms with Gasteiger partial charge in [-0.25, -0.2) is 0 Å². The largest absolute Gasteiger partial charge is 0.396 e. The van der Waals surface area contributed by atoms with Crippen molar-refractivity contribution >= 4 is 0 Å². The number of aliphatic hydroxyl groups is 1. The van der Waals surface area contributed by atoms with Gasteiger partial charge in [0.05, 0.1) is 0 Å². The van der Waals surface area contributed by atoms with Crippen LogP contribution in [0.5, 0.6) is 0 Å². The van der Waals surface area contributed by atoms with Gasteiger partial charge in [-0.2, -0.15) is 0 Å². The van der Waals surface area contributed by atoms with Gasteiger partial charge in [-0.05, 0) is 39.8 Å². The number of rotatable bonds is 6. The number of aliphatic hydroxyl groups excluding tert-OH is 1. The molecule has 0 fully saturated rings. The first-order chi connectivity index (χ1) is 5.22. The summed E-state index contributed by atoms with van der Waals surface area (Å²) in [6, 6.07) is 0.659. The first kappa shape index (κ1) is 10.9. The number of hydrogen-bond donors (Lipinski definition) is 1. The third-order valence-electron chi connectivity index (χ3n) is 2.28. The molecule has 0 aromatic heterocycles. The molecule has 2 heteroatoms. The van der Waals surface area contributed by atoms with Crippen LogP contribution in [0.2, 0.25) is 0 Å². The Bertz CT molecular complexity index is 85.6. The summed E-state index contributed by atoms with van der Waals surface area (Å²) < 4.78 is 0. The van der Waals surface area contributed by atoms with Gasteiger partial charge in [-0.15, -0.1) is 0 Å². The number of hydrogen-bond acceptors (Lipinski definition) is 2. The van der Waals surface area contributed by atoms with Crippen LogP contribution in [0.1, 0.15) is 33.1 Å². The van der Waals surface area contributed by atoms with Crippen molar-refractivity contribution in [3.63, 3.8) is 0 Å². The third kappa shape index (κ3) is 5.22. The predicted molar refractivity (Wildman–Crippen MR) is 48.7 cm³/mol. The zero-order valence-electron chi connectivity index (χ0n) is 8.01. The Morgan fingerprint density at radius 2 is 2.00 bits per heavy atom. The molecule has 0 heterocycles. The molecular weight excluding hydrogens is 138 g/mol. The lowest BCUT2D eigenvalue weighted by atomic mass is 10.1. The minimum Gasteiger partial charge on any atom is -0.396 e. The van der Waals surface area contributed by atoms with Crippen molar-refractivity contribution in [2.45, 2.75) is 39.2 Å². The smallest absolute Gasteiger partial charge is 0.0431 e. The minimum absolute atomic E-state index is 0.336. The molecule has 0 spiro atoms. The summed E-state index contributed by atoms with van der Waals surface area (Å²) in [6.45, 7) is 5.85. The molecule has 0 aromatic rings. The highest BCUT2D eigenvalue weighted by molar-refractivity contribution is 4.60. The highest BCUT2D eigenvalue weighted by Gasteiger charge is 2.05. The fourth-order valence-electron chi connectivity index (χ4n) is 1.08. The number of unbranched alkanes of at least 4 members (excludes halogenated alkanes) is 1. The first-order valence-electron chi connectivity index (χ1n) is 4.53. The van der Waals surface area contributed by atoms with Gasteiger partial charge in [0.2, 0.25) is 0 Å². The molecule has 0 amide bonds. The van der Waals surface area contributed by atoms with Crippen molar-refractivity contribution in [1.82, 2.24) is 4.90 Å². The molecule has 0 bridgehead atoms. The van der Waals surface area contributed by atoms with Crippen molar-refractivity contribution in [2.75, 3.05) is 20.2 Å². The van der Waals surface area contributed by atoms with Gasteiger partial charge in [0.25, 0.3) is 0 Å². The Balaban J connectivity index is 3.28. The predicted octanol–water partition coefficient (Wildman–Crippen LogP) is 1.49. The molecule has 0 aromatic carbocycles. The average Bonchev–Trinajstić information content (AvgIpc) is 2.03. The lowest BCUT2D eigenvalue weighted by Crippen LogP contribution is -2.28. The Labute approximate surface area is 70.2 Å².